The first-order valence-corrected chi connectivity index (χ1v) is 13.9. The number of para-hydroxylation sites is 2. The number of hydrogen-bond donors (Lipinski definition) is 0. The van der Waals surface area contributed by atoms with Crippen LogP contribution in [0.4, 0.5) is 0 Å². The van der Waals surface area contributed by atoms with E-state index < -0.39 is 37.9 Å². The molecule has 0 amide bonds. The summed E-state index contributed by atoms with van der Waals surface area (Å²) in [5.41, 5.74) is 0.945. The second kappa shape index (κ2) is 9.80. The molecule has 196 valence electrons. The molecule has 0 aliphatic carbocycles. The van der Waals surface area contributed by atoms with E-state index in [0.29, 0.717) is 22.7 Å². The molecule has 6 rings (SSSR count). The van der Waals surface area contributed by atoms with Crippen molar-refractivity contribution in [2.24, 2.45) is 0 Å². The third kappa shape index (κ3) is 4.93. The van der Waals surface area contributed by atoms with Crippen molar-refractivity contribution >= 4 is 30.4 Å². The average molecular weight is 555 g/mol. The van der Waals surface area contributed by atoms with Crippen LogP contribution in [-0.2, 0) is 18.8 Å². The molecule has 4 aromatic rings. The summed E-state index contributed by atoms with van der Waals surface area (Å²) in [4.78, 5) is 12.7. The Kier molecular flexibility index (Phi) is 6.45. The van der Waals surface area contributed by atoms with E-state index in [1.807, 2.05) is 26.0 Å². The van der Waals surface area contributed by atoms with Gasteiger partial charge in [0.25, 0.3) is 0 Å². The number of imidazole rings is 1. The quantitative estimate of drug-likeness (QED) is 0.208. The van der Waals surface area contributed by atoms with E-state index in [1.54, 1.807) is 65.5 Å². The van der Waals surface area contributed by atoms with Crippen LogP contribution in [0, 0.1) is 0 Å². The third-order valence-corrected chi connectivity index (χ3v) is 7.81. The van der Waals surface area contributed by atoms with Gasteiger partial charge < -0.3 is 23.3 Å². The molecule has 0 radical (unpaired) electrons. The van der Waals surface area contributed by atoms with Gasteiger partial charge in [-0.25, -0.2) is 19.5 Å². The second-order valence-corrected chi connectivity index (χ2v) is 11.3. The highest BCUT2D eigenvalue weighted by Crippen LogP contribution is 2.51. The predicted octanol–water partition coefficient (Wildman–Crippen LogP) is 5.76. The SMILES string of the molecule is CC1(C)O[C@@H]2[C@H](O1)[C@@H](/C=C/P(=O)(Oc1ccccc1)Oc1ccccc1)O[C@H]2n1cnc2c(Cl)ncnc21. The van der Waals surface area contributed by atoms with Gasteiger partial charge in [0.2, 0.25) is 0 Å². The molecule has 2 aliphatic rings. The van der Waals surface area contributed by atoms with Gasteiger partial charge in [0, 0.05) is 0 Å². The standard InChI is InChI=1S/C26H24ClN4O6P/c1-26(2)34-21-19(33-25(22(21)35-26)31-16-30-20-23(27)28-15-29-24(20)31)13-14-38(32,36-17-9-5-3-6-10-17)37-18-11-7-4-8-12-18/h3-16,19,21-22,25H,1-2H3/b14-13+/t19-,21-,22-,25-/m1/s1. The highest BCUT2D eigenvalue weighted by atomic mass is 35.5. The molecule has 2 saturated heterocycles. The molecule has 0 bridgehead atoms. The normalized spacial score (nSPS) is 24.6. The third-order valence-electron chi connectivity index (χ3n) is 6.06. The van der Waals surface area contributed by atoms with Crippen molar-refractivity contribution in [2.75, 3.05) is 0 Å². The molecule has 2 aromatic carbocycles. The van der Waals surface area contributed by atoms with Gasteiger partial charge in [0.05, 0.1) is 12.1 Å². The van der Waals surface area contributed by atoms with E-state index in [2.05, 4.69) is 15.0 Å². The van der Waals surface area contributed by atoms with E-state index in [-0.39, 0.29) is 5.15 Å². The largest absolute Gasteiger partial charge is 0.455 e. The van der Waals surface area contributed by atoms with Crippen LogP contribution >= 0.6 is 19.2 Å². The fourth-order valence-corrected chi connectivity index (χ4v) is 6.07. The van der Waals surface area contributed by atoms with Gasteiger partial charge in [0.15, 0.2) is 22.8 Å². The fraction of sp³-hybridized carbons (Fsp3) is 0.269. The van der Waals surface area contributed by atoms with Crippen molar-refractivity contribution in [1.82, 2.24) is 19.5 Å². The molecule has 2 aromatic heterocycles. The van der Waals surface area contributed by atoms with Gasteiger partial charge in [-0.15, -0.1) is 0 Å². The van der Waals surface area contributed by atoms with E-state index in [9.17, 15) is 4.57 Å². The smallest absolute Gasteiger partial charge is 0.413 e. The van der Waals surface area contributed by atoms with Gasteiger partial charge >= 0.3 is 7.60 Å². The van der Waals surface area contributed by atoms with Crippen molar-refractivity contribution in [3.63, 3.8) is 0 Å². The van der Waals surface area contributed by atoms with Crippen LogP contribution in [0.5, 0.6) is 11.5 Å². The van der Waals surface area contributed by atoms with Gasteiger partial charge in [0.1, 0.15) is 41.7 Å². The molecular formula is C26H24ClN4O6P. The fourth-order valence-electron chi connectivity index (χ4n) is 4.52. The Morgan fingerprint density at radius 1 is 0.947 bits per heavy atom. The molecule has 38 heavy (non-hydrogen) atoms. The summed E-state index contributed by atoms with van der Waals surface area (Å²) in [5.74, 6) is 1.35. The zero-order valence-electron chi connectivity index (χ0n) is 20.5. The zero-order chi connectivity index (χ0) is 26.3. The number of ether oxygens (including phenoxy) is 3. The molecular weight excluding hydrogens is 531 g/mol. The number of aromatic nitrogens is 4. The lowest BCUT2D eigenvalue weighted by Crippen LogP contribution is -2.28. The van der Waals surface area contributed by atoms with Crippen molar-refractivity contribution in [3.8, 4) is 11.5 Å². The number of benzene rings is 2. The summed E-state index contributed by atoms with van der Waals surface area (Å²) in [6.07, 6.45) is 2.27. The Bertz CT molecular complexity index is 1470. The first-order valence-electron chi connectivity index (χ1n) is 11.9. The monoisotopic (exact) mass is 554 g/mol. The average Bonchev–Trinajstić information content (AvgIpc) is 3.55. The minimum Gasteiger partial charge on any atom is -0.413 e. The maximum Gasteiger partial charge on any atom is 0.455 e. The number of nitrogens with zero attached hydrogens (tertiary/aromatic N) is 4. The summed E-state index contributed by atoms with van der Waals surface area (Å²) < 4.78 is 46.2. The summed E-state index contributed by atoms with van der Waals surface area (Å²) in [7, 11) is -3.82. The highest BCUT2D eigenvalue weighted by Gasteiger charge is 2.55. The zero-order valence-corrected chi connectivity index (χ0v) is 22.1. The number of hydrogen-bond acceptors (Lipinski definition) is 9. The number of halogens is 1. The molecule has 10 nitrogen and oxygen atoms in total. The van der Waals surface area contributed by atoms with E-state index >= 15 is 0 Å². The lowest BCUT2D eigenvalue weighted by molar-refractivity contribution is -0.191. The molecule has 4 atom stereocenters. The summed E-state index contributed by atoms with van der Waals surface area (Å²) in [5, 5.41) is 0.237. The number of fused-ring (bicyclic) bond motifs is 2. The topological polar surface area (TPSA) is 107 Å². The first-order chi connectivity index (χ1) is 18.3. The maximum atomic E-state index is 13.9. The summed E-state index contributed by atoms with van der Waals surface area (Å²) in [6.45, 7) is 3.66. The Morgan fingerprint density at radius 3 is 2.24 bits per heavy atom. The molecule has 2 aliphatic heterocycles. The van der Waals surface area contributed by atoms with Crippen LogP contribution < -0.4 is 9.05 Å². The van der Waals surface area contributed by atoms with Crippen LogP contribution in [-0.4, -0.2) is 43.6 Å². The summed E-state index contributed by atoms with van der Waals surface area (Å²) in [6, 6.07) is 17.7. The van der Waals surface area contributed by atoms with Crippen molar-refractivity contribution in [3.05, 3.63) is 90.4 Å². The van der Waals surface area contributed by atoms with Gasteiger partial charge in [-0.1, -0.05) is 48.0 Å². The molecule has 0 spiro atoms. The minimum absolute atomic E-state index is 0.237. The molecule has 0 N–H and O–H groups in total. The lowest BCUT2D eigenvalue weighted by Gasteiger charge is -2.24. The van der Waals surface area contributed by atoms with Crippen LogP contribution in [0.25, 0.3) is 11.2 Å². The molecule has 0 saturated carbocycles. The Balaban J connectivity index is 1.32. The Labute approximate surface area is 223 Å². The van der Waals surface area contributed by atoms with E-state index in [0.717, 1.165) is 0 Å². The second-order valence-electron chi connectivity index (χ2n) is 9.23. The molecule has 12 heteroatoms. The van der Waals surface area contributed by atoms with Gasteiger partial charge in [-0.3, -0.25) is 4.57 Å². The predicted molar refractivity (Wildman–Crippen MR) is 139 cm³/mol. The summed E-state index contributed by atoms with van der Waals surface area (Å²) >= 11 is 6.20. The van der Waals surface area contributed by atoms with E-state index in [1.165, 1.54) is 12.1 Å². The van der Waals surface area contributed by atoms with Gasteiger partial charge in [-0.05, 0) is 44.2 Å². The maximum absolute atomic E-state index is 13.9. The molecule has 2 fully saturated rings. The van der Waals surface area contributed by atoms with Gasteiger partial charge in [-0.2, -0.15) is 0 Å². The van der Waals surface area contributed by atoms with Crippen LogP contribution in [0.1, 0.15) is 20.1 Å². The van der Waals surface area contributed by atoms with Crippen LogP contribution in [0.15, 0.2) is 85.2 Å². The minimum atomic E-state index is -3.82. The Hall–Kier alpha value is -3.27. The number of rotatable bonds is 7. The lowest BCUT2D eigenvalue weighted by atomic mass is 10.1. The molecule has 4 heterocycles. The van der Waals surface area contributed by atoms with Crippen molar-refractivity contribution < 1.29 is 27.8 Å². The highest BCUT2D eigenvalue weighted by molar-refractivity contribution is 7.58. The first kappa shape index (κ1) is 25.0. The van der Waals surface area contributed by atoms with Crippen molar-refractivity contribution in [1.29, 1.82) is 0 Å². The van der Waals surface area contributed by atoms with E-state index in [4.69, 9.17) is 34.9 Å². The van der Waals surface area contributed by atoms with Crippen LogP contribution in [0.3, 0.4) is 0 Å². The van der Waals surface area contributed by atoms with Crippen molar-refractivity contribution in [2.45, 2.75) is 44.2 Å². The Morgan fingerprint density at radius 2 is 1.58 bits per heavy atom. The van der Waals surface area contributed by atoms with Crippen LogP contribution in [0.2, 0.25) is 5.15 Å². The molecule has 0 unspecified atom stereocenters.